The molecule has 0 aromatic carbocycles. The molecule has 0 heterocycles. The molecule has 0 saturated heterocycles. The van der Waals surface area contributed by atoms with Gasteiger partial charge in [0.05, 0.1) is 12.6 Å². The molecule has 14 heavy (non-hydrogen) atoms. The fourth-order valence-corrected chi connectivity index (χ4v) is 1.08. The summed E-state index contributed by atoms with van der Waals surface area (Å²) >= 11 is 0. The molecule has 3 heteroatoms. The van der Waals surface area contributed by atoms with Gasteiger partial charge < -0.3 is 5.32 Å². The van der Waals surface area contributed by atoms with E-state index in [1.165, 1.54) is 0 Å². The Morgan fingerprint density at radius 2 is 2.00 bits per heavy atom. The van der Waals surface area contributed by atoms with E-state index in [0.29, 0.717) is 6.54 Å². The van der Waals surface area contributed by atoms with Gasteiger partial charge in [-0.1, -0.05) is 19.8 Å². The van der Waals surface area contributed by atoms with Crippen LogP contribution in [0.2, 0.25) is 0 Å². The Morgan fingerprint density at radius 3 is 2.43 bits per heavy atom. The van der Waals surface area contributed by atoms with E-state index in [1.54, 1.807) is 0 Å². The lowest BCUT2D eigenvalue weighted by molar-refractivity contribution is -0.121. The Bertz CT molecular complexity index is 204. The van der Waals surface area contributed by atoms with Crippen molar-refractivity contribution in [1.82, 2.24) is 10.6 Å². The van der Waals surface area contributed by atoms with Crippen molar-refractivity contribution in [3.05, 3.63) is 0 Å². The van der Waals surface area contributed by atoms with Crippen molar-refractivity contribution < 1.29 is 4.79 Å². The Balaban J connectivity index is 3.70. The minimum atomic E-state index is -0.0533. The smallest absolute Gasteiger partial charge is 0.234 e. The number of terminal acetylenes is 1. The maximum Gasteiger partial charge on any atom is 0.234 e. The second-order valence-electron chi connectivity index (χ2n) is 3.35. The summed E-state index contributed by atoms with van der Waals surface area (Å²) < 4.78 is 0. The van der Waals surface area contributed by atoms with Gasteiger partial charge in [-0.2, -0.15) is 0 Å². The van der Waals surface area contributed by atoms with Gasteiger partial charge in [0, 0.05) is 6.04 Å². The van der Waals surface area contributed by atoms with Crippen molar-refractivity contribution in [2.45, 2.75) is 45.7 Å². The van der Waals surface area contributed by atoms with Crippen LogP contribution in [-0.4, -0.2) is 24.5 Å². The standard InChI is InChI=1S/C11H20N2O/c1-5-9(4)12-8-11(14)13-10(6-2)7-3/h1,9-10,12H,6-8H2,2-4H3,(H,13,14). The normalized spacial score (nSPS) is 12.2. The predicted octanol–water partition coefficient (Wildman–Crippen LogP) is 0.902. The lowest BCUT2D eigenvalue weighted by Crippen LogP contribution is -2.41. The van der Waals surface area contributed by atoms with Crippen LogP contribution in [0, 0.1) is 12.3 Å². The summed E-state index contributed by atoms with van der Waals surface area (Å²) in [7, 11) is 0. The monoisotopic (exact) mass is 196 g/mol. The third-order valence-corrected chi connectivity index (χ3v) is 2.17. The largest absolute Gasteiger partial charge is 0.352 e. The van der Waals surface area contributed by atoms with Gasteiger partial charge in [-0.25, -0.2) is 0 Å². The summed E-state index contributed by atoms with van der Waals surface area (Å²) in [6.07, 6.45) is 7.10. The maximum atomic E-state index is 11.3. The first-order chi connectivity index (χ1) is 6.63. The van der Waals surface area contributed by atoms with Gasteiger partial charge in [0.15, 0.2) is 0 Å². The number of nitrogens with one attached hydrogen (secondary N) is 2. The van der Waals surface area contributed by atoms with E-state index in [1.807, 2.05) is 6.92 Å². The third-order valence-electron chi connectivity index (χ3n) is 2.17. The minimum absolute atomic E-state index is 0.0146. The summed E-state index contributed by atoms with van der Waals surface area (Å²) in [5, 5.41) is 5.86. The van der Waals surface area contributed by atoms with Crippen molar-refractivity contribution in [3.8, 4) is 12.3 Å². The fourth-order valence-electron chi connectivity index (χ4n) is 1.08. The number of amides is 1. The van der Waals surface area contributed by atoms with Crippen LogP contribution in [0.4, 0.5) is 0 Å². The minimum Gasteiger partial charge on any atom is -0.352 e. The van der Waals surface area contributed by atoms with Crippen LogP contribution in [0.1, 0.15) is 33.6 Å². The van der Waals surface area contributed by atoms with Gasteiger partial charge in [0.2, 0.25) is 5.91 Å². The highest BCUT2D eigenvalue weighted by Gasteiger charge is 2.08. The highest BCUT2D eigenvalue weighted by Crippen LogP contribution is 1.94. The molecule has 1 amide bonds. The van der Waals surface area contributed by atoms with E-state index in [-0.39, 0.29) is 18.0 Å². The average molecular weight is 196 g/mol. The molecule has 80 valence electrons. The molecule has 0 aliphatic carbocycles. The number of hydrogen-bond acceptors (Lipinski definition) is 2. The average Bonchev–Trinajstić information content (AvgIpc) is 2.22. The zero-order valence-electron chi connectivity index (χ0n) is 9.26. The molecular weight excluding hydrogens is 176 g/mol. The summed E-state index contributed by atoms with van der Waals surface area (Å²) in [5.41, 5.74) is 0. The van der Waals surface area contributed by atoms with Crippen molar-refractivity contribution in [3.63, 3.8) is 0 Å². The van der Waals surface area contributed by atoms with Crippen molar-refractivity contribution in [2.24, 2.45) is 0 Å². The molecule has 0 aromatic heterocycles. The summed E-state index contributed by atoms with van der Waals surface area (Å²) in [5.74, 6) is 2.53. The Hall–Kier alpha value is -1.01. The van der Waals surface area contributed by atoms with E-state index in [0.717, 1.165) is 12.8 Å². The van der Waals surface area contributed by atoms with Gasteiger partial charge in [-0.3, -0.25) is 10.1 Å². The number of rotatable bonds is 6. The summed E-state index contributed by atoms with van der Waals surface area (Å²) in [6.45, 7) is 6.27. The molecule has 0 bridgehead atoms. The Morgan fingerprint density at radius 1 is 1.43 bits per heavy atom. The van der Waals surface area contributed by atoms with Crippen LogP contribution >= 0.6 is 0 Å². The Kier molecular flexibility index (Phi) is 6.87. The third kappa shape index (κ3) is 5.60. The van der Waals surface area contributed by atoms with Crippen LogP contribution in [0.15, 0.2) is 0 Å². The molecule has 2 N–H and O–H groups in total. The molecule has 0 fully saturated rings. The van der Waals surface area contributed by atoms with Crippen molar-refractivity contribution in [2.75, 3.05) is 6.54 Å². The van der Waals surface area contributed by atoms with Gasteiger partial charge in [0.25, 0.3) is 0 Å². The lowest BCUT2D eigenvalue weighted by Gasteiger charge is -2.15. The first kappa shape index (κ1) is 13.0. The molecule has 0 aromatic rings. The van der Waals surface area contributed by atoms with Crippen LogP contribution in [0.25, 0.3) is 0 Å². The molecule has 0 spiro atoms. The van der Waals surface area contributed by atoms with E-state index < -0.39 is 0 Å². The highest BCUT2D eigenvalue weighted by molar-refractivity contribution is 5.78. The highest BCUT2D eigenvalue weighted by atomic mass is 16.1. The maximum absolute atomic E-state index is 11.3. The zero-order chi connectivity index (χ0) is 11.0. The first-order valence-electron chi connectivity index (χ1n) is 5.12. The molecule has 0 saturated carbocycles. The van der Waals surface area contributed by atoms with Gasteiger partial charge in [0.1, 0.15) is 0 Å². The second kappa shape index (κ2) is 7.40. The number of carbonyl (C=O) groups excluding carboxylic acids is 1. The van der Waals surface area contributed by atoms with Crippen LogP contribution in [0.5, 0.6) is 0 Å². The van der Waals surface area contributed by atoms with E-state index in [2.05, 4.69) is 30.4 Å². The molecule has 1 atom stereocenters. The molecule has 0 rings (SSSR count). The number of carbonyl (C=O) groups is 1. The predicted molar refractivity (Wildman–Crippen MR) is 58.8 cm³/mol. The zero-order valence-corrected chi connectivity index (χ0v) is 9.26. The summed E-state index contributed by atoms with van der Waals surface area (Å²) in [6, 6.07) is 0.230. The van der Waals surface area contributed by atoms with Gasteiger partial charge in [-0.15, -0.1) is 6.42 Å². The SMILES string of the molecule is C#CC(C)NCC(=O)NC(CC)CC. The molecule has 0 radical (unpaired) electrons. The van der Waals surface area contributed by atoms with Crippen molar-refractivity contribution >= 4 is 5.91 Å². The molecule has 0 aliphatic heterocycles. The fraction of sp³-hybridized carbons (Fsp3) is 0.727. The molecule has 0 aliphatic rings. The second-order valence-corrected chi connectivity index (χ2v) is 3.35. The number of hydrogen-bond donors (Lipinski definition) is 2. The lowest BCUT2D eigenvalue weighted by atomic mass is 10.2. The van der Waals surface area contributed by atoms with Crippen molar-refractivity contribution in [1.29, 1.82) is 0 Å². The van der Waals surface area contributed by atoms with Crippen LogP contribution < -0.4 is 10.6 Å². The van der Waals surface area contributed by atoms with E-state index >= 15 is 0 Å². The van der Waals surface area contributed by atoms with Gasteiger partial charge in [-0.05, 0) is 19.8 Å². The van der Waals surface area contributed by atoms with Crippen LogP contribution in [-0.2, 0) is 4.79 Å². The molecule has 1 unspecified atom stereocenters. The van der Waals surface area contributed by atoms with Crippen LogP contribution in [0.3, 0.4) is 0 Å². The van der Waals surface area contributed by atoms with Gasteiger partial charge >= 0.3 is 0 Å². The topological polar surface area (TPSA) is 41.1 Å². The molecule has 3 nitrogen and oxygen atoms in total. The summed E-state index contributed by atoms with van der Waals surface area (Å²) in [4.78, 5) is 11.3. The van der Waals surface area contributed by atoms with E-state index in [4.69, 9.17) is 6.42 Å². The Labute approximate surface area is 86.6 Å². The first-order valence-corrected chi connectivity index (χ1v) is 5.12. The molecular formula is C11H20N2O. The quantitative estimate of drug-likeness (QED) is 0.620. The van der Waals surface area contributed by atoms with E-state index in [9.17, 15) is 4.79 Å².